The van der Waals surface area contributed by atoms with Crippen molar-refractivity contribution in [1.82, 2.24) is 10.2 Å². The van der Waals surface area contributed by atoms with Crippen molar-refractivity contribution < 1.29 is 4.74 Å². The number of likely N-dealkylation sites (N-methyl/N-ethyl adjacent to an activating group) is 1. The van der Waals surface area contributed by atoms with Crippen LogP contribution in [0.25, 0.3) is 0 Å². The van der Waals surface area contributed by atoms with Gasteiger partial charge in [-0.3, -0.25) is 0 Å². The van der Waals surface area contributed by atoms with E-state index in [1.54, 1.807) is 0 Å². The van der Waals surface area contributed by atoms with Crippen molar-refractivity contribution in [3.63, 3.8) is 0 Å². The number of ether oxygens (including phenoxy) is 1. The first-order valence-electron chi connectivity index (χ1n) is 6.36. The van der Waals surface area contributed by atoms with E-state index in [1.165, 1.54) is 6.42 Å². The van der Waals surface area contributed by atoms with Gasteiger partial charge < -0.3 is 15.0 Å². The first-order valence-corrected chi connectivity index (χ1v) is 6.36. The molecule has 1 atom stereocenters. The summed E-state index contributed by atoms with van der Waals surface area (Å²) in [4.78, 5) is 2.15. The highest BCUT2D eigenvalue weighted by atomic mass is 16.5. The zero-order chi connectivity index (χ0) is 12.6. The zero-order valence-corrected chi connectivity index (χ0v) is 12.0. The van der Waals surface area contributed by atoms with Crippen molar-refractivity contribution in [2.45, 2.75) is 52.2 Å². The highest BCUT2D eigenvalue weighted by Gasteiger charge is 2.13. The summed E-state index contributed by atoms with van der Waals surface area (Å²) in [5.74, 6) is 0. The molecule has 98 valence electrons. The Bertz CT molecular complexity index is 164. The quantitative estimate of drug-likeness (QED) is 0.691. The number of hydrogen-bond donors (Lipinski definition) is 1. The van der Waals surface area contributed by atoms with E-state index in [2.05, 4.69) is 52.0 Å². The molecule has 0 aliphatic rings. The van der Waals surface area contributed by atoms with Crippen LogP contribution in [0.3, 0.4) is 0 Å². The predicted molar refractivity (Wildman–Crippen MR) is 71.0 cm³/mol. The van der Waals surface area contributed by atoms with Gasteiger partial charge in [-0.05, 0) is 41.3 Å². The fourth-order valence-corrected chi connectivity index (χ4v) is 1.39. The largest absolute Gasteiger partial charge is 0.376 e. The van der Waals surface area contributed by atoms with Gasteiger partial charge in [0, 0.05) is 18.6 Å². The first-order chi connectivity index (χ1) is 7.35. The van der Waals surface area contributed by atoms with E-state index < -0.39 is 0 Å². The van der Waals surface area contributed by atoms with E-state index in [0.29, 0.717) is 6.10 Å². The standard InChI is InChI=1S/C13H30N2O/c1-7-8-12(11-14-13(2,3)4)16-10-9-15(5)6/h12,14H,7-11H2,1-6H3. The van der Waals surface area contributed by atoms with Crippen LogP contribution >= 0.6 is 0 Å². The Balaban J connectivity index is 3.79. The van der Waals surface area contributed by atoms with Crippen LogP contribution in [0.4, 0.5) is 0 Å². The van der Waals surface area contributed by atoms with Crippen molar-refractivity contribution in [1.29, 1.82) is 0 Å². The summed E-state index contributed by atoms with van der Waals surface area (Å²) in [6.07, 6.45) is 2.67. The number of nitrogens with one attached hydrogen (secondary N) is 1. The molecule has 0 amide bonds. The van der Waals surface area contributed by atoms with Gasteiger partial charge in [-0.15, -0.1) is 0 Å². The Kier molecular flexibility index (Phi) is 7.98. The lowest BCUT2D eigenvalue weighted by molar-refractivity contribution is 0.0350. The Labute approximate surface area is 102 Å². The Morgan fingerprint density at radius 1 is 1.25 bits per heavy atom. The van der Waals surface area contributed by atoms with E-state index in [9.17, 15) is 0 Å². The van der Waals surface area contributed by atoms with Crippen molar-refractivity contribution in [2.75, 3.05) is 33.8 Å². The van der Waals surface area contributed by atoms with Crippen molar-refractivity contribution in [3.8, 4) is 0 Å². The third kappa shape index (κ3) is 10.4. The van der Waals surface area contributed by atoms with Gasteiger partial charge in [0.25, 0.3) is 0 Å². The summed E-state index contributed by atoms with van der Waals surface area (Å²) in [5.41, 5.74) is 0.177. The van der Waals surface area contributed by atoms with Crippen molar-refractivity contribution in [2.24, 2.45) is 0 Å². The monoisotopic (exact) mass is 230 g/mol. The summed E-state index contributed by atoms with van der Waals surface area (Å²) in [6.45, 7) is 11.5. The maximum Gasteiger partial charge on any atom is 0.0700 e. The first kappa shape index (κ1) is 15.9. The lowest BCUT2D eigenvalue weighted by atomic mass is 10.1. The number of nitrogens with zero attached hydrogens (tertiary/aromatic N) is 1. The maximum atomic E-state index is 5.88. The molecule has 1 unspecified atom stereocenters. The van der Waals surface area contributed by atoms with Crippen LogP contribution in [0.5, 0.6) is 0 Å². The van der Waals surface area contributed by atoms with Crippen LogP contribution in [0.1, 0.15) is 40.5 Å². The third-order valence-electron chi connectivity index (χ3n) is 2.36. The van der Waals surface area contributed by atoms with Gasteiger partial charge in [0.05, 0.1) is 12.7 Å². The molecule has 3 heteroatoms. The maximum absolute atomic E-state index is 5.88. The topological polar surface area (TPSA) is 24.5 Å². The molecule has 3 nitrogen and oxygen atoms in total. The van der Waals surface area contributed by atoms with Gasteiger partial charge in [0.2, 0.25) is 0 Å². The molecular weight excluding hydrogens is 200 g/mol. The molecule has 0 radical (unpaired) electrons. The van der Waals surface area contributed by atoms with Crippen LogP contribution in [0.2, 0.25) is 0 Å². The molecule has 0 aliphatic heterocycles. The highest BCUT2D eigenvalue weighted by Crippen LogP contribution is 2.05. The summed E-state index contributed by atoms with van der Waals surface area (Å²) >= 11 is 0. The molecule has 0 aromatic heterocycles. The smallest absolute Gasteiger partial charge is 0.0700 e. The van der Waals surface area contributed by atoms with E-state index in [0.717, 1.165) is 26.1 Å². The third-order valence-corrected chi connectivity index (χ3v) is 2.36. The van der Waals surface area contributed by atoms with E-state index in [4.69, 9.17) is 4.74 Å². The second kappa shape index (κ2) is 8.04. The second-order valence-electron chi connectivity index (χ2n) is 5.72. The summed E-state index contributed by atoms with van der Waals surface area (Å²) in [6, 6.07) is 0. The van der Waals surface area contributed by atoms with Gasteiger partial charge in [-0.2, -0.15) is 0 Å². The molecule has 0 aromatic carbocycles. The molecule has 0 aliphatic carbocycles. The summed E-state index contributed by atoms with van der Waals surface area (Å²) in [7, 11) is 4.15. The second-order valence-corrected chi connectivity index (χ2v) is 5.72. The minimum atomic E-state index is 0.177. The Morgan fingerprint density at radius 2 is 1.88 bits per heavy atom. The molecular formula is C13H30N2O. The lowest BCUT2D eigenvalue weighted by Crippen LogP contribution is -2.42. The Hall–Kier alpha value is -0.120. The highest BCUT2D eigenvalue weighted by molar-refractivity contribution is 4.73. The van der Waals surface area contributed by atoms with Crippen LogP contribution in [0.15, 0.2) is 0 Å². The number of rotatable bonds is 8. The average Bonchev–Trinajstić information content (AvgIpc) is 2.12. The van der Waals surface area contributed by atoms with Gasteiger partial charge in [-0.1, -0.05) is 13.3 Å². The van der Waals surface area contributed by atoms with Gasteiger partial charge in [0.1, 0.15) is 0 Å². The zero-order valence-electron chi connectivity index (χ0n) is 12.0. The van der Waals surface area contributed by atoms with Crippen LogP contribution in [-0.2, 0) is 4.74 Å². The fourth-order valence-electron chi connectivity index (χ4n) is 1.39. The van der Waals surface area contributed by atoms with Crippen LogP contribution < -0.4 is 5.32 Å². The van der Waals surface area contributed by atoms with E-state index in [1.807, 2.05) is 0 Å². The molecule has 0 rings (SSSR count). The molecule has 0 saturated heterocycles. The average molecular weight is 230 g/mol. The van der Waals surface area contributed by atoms with Gasteiger partial charge in [0.15, 0.2) is 0 Å². The normalized spacial score (nSPS) is 14.4. The summed E-state index contributed by atoms with van der Waals surface area (Å²) in [5, 5.41) is 3.51. The molecule has 0 fully saturated rings. The molecule has 1 N–H and O–H groups in total. The van der Waals surface area contributed by atoms with Gasteiger partial charge >= 0.3 is 0 Å². The van der Waals surface area contributed by atoms with Crippen LogP contribution in [0, 0.1) is 0 Å². The van der Waals surface area contributed by atoms with Crippen molar-refractivity contribution >= 4 is 0 Å². The number of hydrogen-bond acceptors (Lipinski definition) is 3. The molecule has 0 heterocycles. The van der Waals surface area contributed by atoms with Gasteiger partial charge in [-0.25, -0.2) is 0 Å². The molecule has 0 spiro atoms. The summed E-state index contributed by atoms with van der Waals surface area (Å²) < 4.78 is 5.88. The molecule has 0 saturated carbocycles. The van der Waals surface area contributed by atoms with Crippen LogP contribution in [-0.4, -0.2) is 50.3 Å². The van der Waals surface area contributed by atoms with Crippen molar-refractivity contribution in [3.05, 3.63) is 0 Å². The minimum Gasteiger partial charge on any atom is -0.376 e. The SMILES string of the molecule is CCCC(CNC(C)(C)C)OCCN(C)C. The Morgan fingerprint density at radius 3 is 2.31 bits per heavy atom. The predicted octanol–water partition coefficient (Wildman–Crippen LogP) is 2.12. The fraction of sp³-hybridized carbons (Fsp3) is 1.00. The molecule has 0 bridgehead atoms. The lowest BCUT2D eigenvalue weighted by Gasteiger charge is -2.25. The van der Waals surface area contributed by atoms with E-state index in [-0.39, 0.29) is 5.54 Å². The molecule has 0 aromatic rings. The van der Waals surface area contributed by atoms with E-state index >= 15 is 0 Å². The minimum absolute atomic E-state index is 0.177. The molecule has 16 heavy (non-hydrogen) atoms.